The third-order valence-corrected chi connectivity index (χ3v) is 3.48. The van der Waals surface area contributed by atoms with Crippen LogP contribution < -0.4 is 14.2 Å². The van der Waals surface area contributed by atoms with Gasteiger partial charge in [0, 0.05) is 16.5 Å². The van der Waals surface area contributed by atoms with Crippen LogP contribution in [0.4, 0.5) is 0 Å². The lowest BCUT2D eigenvalue weighted by Crippen LogP contribution is -2.05. The van der Waals surface area contributed by atoms with E-state index in [-0.39, 0.29) is 0 Å². The lowest BCUT2D eigenvalue weighted by Gasteiger charge is -2.11. The fourth-order valence-electron chi connectivity index (χ4n) is 1.84. The standard InChI is InChI=1S/C17H17BrO4/c1-20-17-11-13(12-19)3-8-16(17)22-10-2-9-21-15-6-4-14(18)5-7-15/h3-8,11-12H,2,9-10H2,1H3. The Morgan fingerprint density at radius 1 is 1.00 bits per heavy atom. The van der Waals surface area contributed by atoms with Gasteiger partial charge in [0.1, 0.15) is 12.0 Å². The van der Waals surface area contributed by atoms with Gasteiger partial charge in [0.15, 0.2) is 11.5 Å². The molecule has 0 saturated carbocycles. The molecule has 2 aromatic rings. The van der Waals surface area contributed by atoms with E-state index in [2.05, 4.69) is 15.9 Å². The summed E-state index contributed by atoms with van der Waals surface area (Å²) in [5.41, 5.74) is 0.558. The SMILES string of the molecule is COc1cc(C=O)ccc1OCCCOc1ccc(Br)cc1. The fourth-order valence-corrected chi connectivity index (χ4v) is 2.10. The van der Waals surface area contributed by atoms with Gasteiger partial charge in [0.05, 0.1) is 20.3 Å². The Bertz CT molecular complexity index is 611. The van der Waals surface area contributed by atoms with E-state index >= 15 is 0 Å². The van der Waals surface area contributed by atoms with Gasteiger partial charge >= 0.3 is 0 Å². The maximum atomic E-state index is 10.7. The van der Waals surface area contributed by atoms with Crippen LogP contribution in [0.5, 0.6) is 17.2 Å². The van der Waals surface area contributed by atoms with Crippen molar-refractivity contribution in [2.24, 2.45) is 0 Å². The minimum absolute atomic E-state index is 0.507. The first-order valence-corrected chi connectivity index (χ1v) is 7.66. The molecule has 2 rings (SSSR count). The molecule has 0 unspecified atom stereocenters. The molecule has 0 fully saturated rings. The van der Waals surface area contributed by atoms with Gasteiger partial charge in [0.2, 0.25) is 0 Å². The maximum absolute atomic E-state index is 10.7. The molecule has 0 atom stereocenters. The predicted molar refractivity (Wildman–Crippen MR) is 88.1 cm³/mol. The van der Waals surface area contributed by atoms with Crippen LogP contribution >= 0.6 is 15.9 Å². The minimum Gasteiger partial charge on any atom is -0.493 e. The number of methoxy groups -OCH3 is 1. The highest BCUT2D eigenvalue weighted by molar-refractivity contribution is 9.10. The van der Waals surface area contributed by atoms with Crippen LogP contribution in [0.15, 0.2) is 46.9 Å². The van der Waals surface area contributed by atoms with Gasteiger partial charge in [-0.05, 0) is 42.5 Å². The van der Waals surface area contributed by atoms with Gasteiger partial charge in [-0.25, -0.2) is 0 Å². The highest BCUT2D eigenvalue weighted by atomic mass is 79.9. The minimum atomic E-state index is 0.507. The molecule has 116 valence electrons. The molecule has 0 amide bonds. The molecule has 0 heterocycles. The molecule has 0 radical (unpaired) electrons. The van der Waals surface area contributed by atoms with Gasteiger partial charge in [-0.3, -0.25) is 4.79 Å². The topological polar surface area (TPSA) is 44.8 Å². The van der Waals surface area contributed by atoms with E-state index in [0.717, 1.165) is 22.9 Å². The molecule has 0 N–H and O–H groups in total. The molecule has 0 aliphatic carbocycles. The van der Waals surface area contributed by atoms with Gasteiger partial charge in [0.25, 0.3) is 0 Å². The number of carbonyl (C=O) groups is 1. The first-order chi connectivity index (χ1) is 10.7. The monoisotopic (exact) mass is 364 g/mol. The summed E-state index contributed by atoms with van der Waals surface area (Å²) in [4.78, 5) is 10.7. The molecule has 0 saturated heterocycles. The second-order valence-corrected chi connectivity index (χ2v) is 5.45. The van der Waals surface area contributed by atoms with Crippen molar-refractivity contribution in [2.75, 3.05) is 20.3 Å². The van der Waals surface area contributed by atoms with Crippen LogP contribution in [-0.2, 0) is 0 Å². The van der Waals surface area contributed by atoms with Crippen LogP contribution in [-0.4, -0.2) is 26.6 Å². The first kappa shape index (κ1) is 16.4. The van der Waals surface area contributed by atoms with E-state index in [9.17, 15) is 4.79 Å². The maximum Gasteiger partial charge on any atom is 0.161 e. The Labute approximate surface area is 138 Å². The van der Waals surface area contributed by atoms with E-state index in [0.29, 0.717) is 30.3 Å². The van der Waals surface area contributed by atoms with Crippen LogP contribution in [0, 0.1) is 0 Å². The van der Waals surface area contributed by atoms with Crippen LogP contribution in [0.25, 0.3) is 0 Å². The molecule has 0 aliphatic heterocycles. The number of aldehydes is 1. The third-order valence-electron chi connectivity index (χ3n) is 2.95. The molecule has 0 spiro atoms. The zero-order valence-corrected chi connectivity index (χ0v) is 13.8. The van der Waals surface area contributed by atoms with Crippen molar-refractivity contribution in [3.8, 4) is 17.2 Å². The Morgan fingerprint density at radius 3 is 2.41 bits per heavy atom. The molecule has 2 aromatic carbocycles. The number of hydrogen-bond donors (Lipinski definition) is 0. The zero-order chi connectivity index (χ0) is 15.8. The lowest BCUT2D eigenvalue weighted by molar-refractivity contribution is 0.112. The van der Waals surface area contributed by atoms with Crippen molar-refractivity contribution in [2.45, 2.75) is 6.42 Å². The van der Waals surface area contributed by atoms with E-state index in [1.807, 2.05) is 24.3 Å². The van der Waals surface area contributed by atoms with Gasteiger partial charge in [-0.1, -0.05) is 15.9 Å². The van der Waals surface area contributed by atoms with Crippen molar-refractivity contribution < 1.29 is 19.0 Å². The van der Waals surface area contributed by atoms with Crippen molar-refractivity contribution >= 4 is 22.2 Å². The van der Waals surface area contributed by atoms with E-state index in [1.54, 1.807) is 25.3 Å². The molecular formula is C17H17BrO4. The second-order valence-electron chi connectivity index (χ2n) is 4.53. The smallest absolute Gasteiger partial charge is 0.161 e. The van der Waals surface area contributed by atoms with E-state index in [4.69, 9.17) is 14.2 Å². The lowest BCUT2D eigenvalue weighted by atomic mass is 10.2. The van der Waals surface area contributed by atoms with Crippen molar-refractivity contribution in [1.82, 2.24) is 0 Å². The number of rotatable bonds is 8. The van der Waals surface area contributed by atoms with E-state index < -0.39 is 0 Å². The summed E-state index contributed by atoms with van der Waals surface area (Å²) in [6.45, 7) is 1.07. The number of carbonyl (C=O) groups excluding carboxylic acids is 1. The number of hydrogen-bond acceptors (Lipinski definition) is 4. The summed E-state index contributed by atoms with van der Waals surface area (Å²) in [5, 5.41) is 0. The third kappa shape index (κ3) is 4.77. The average Bonchev–Trinajstić information content (AvgIpc) is 2.56. The first-order valence-electron chi connectivity index (χ1n) is 6.87. The Hall–Kier alpha value is -2.01. The van der Waals surface area contributed by atoms with Crippen molar-refractivity contribution in [3.63, 3.8) is 0 Å². The molecule has 0 aromatic heterocycles. The molecule has 0 aliphatic rings. The number of ether oxygens (including phenoxy) is 3. The number of benzene rings is 2. The van der Waals surface area contributed by atoms with Crippen molar-refractivity contribution in [1.29, 1.82) is 0 Å². The zero-order valence-electron chi connectivity index (χ0n) is 12.3. The van der Waals surface area contributed by atoms with Crippen molar-refractivity contribution in [3.05, 3.63) is 52.5 Å². The molecular weight excluding hydrogens is 348 g/mol. The Kier molecular flexibility index (Phi) is 6.27. The molecule has 22 heavy (non-hydrogen) atoms. The van der Waals surface area contributed by atoms with Crippen LogP contribution in [0.1, 0.15) is 16.8 Å². The summed E-state index contributed by atoms with van der Waals surface area (Å²) in [6, 6.07) is 12.8. The summed E-state index contributed by atoms with van der Waals surface area (Å²) < 4.78 is 17.5. The molecule has 5 heteroatoms. The average molecular weight is 365 g/mol. The van der Waals surface area contributed by atoms with Gasteiger partial charge in [-0.15, -0.1) is 0 Å². The summed E-state index contributed by atoms with van der Waals surface area (Å²) in [5.74, 6) is 2.01. The second kappa shape index (κ2) is 8.44. The van der Waals surface area contributed by atoms with E-state index in [1.165, 1.54) is 0 Å². The number of halogens is 1. The summed E-state index contributed by atoms with van der Waals surface area (Å²) in [7, 11) is 1.55. The van der Waals surface area contributed by atoms with Gasteiger partial charge < -0.3 is 14.2 Å². The fraction of sp³-hybridized carbons (Fsp3) is 0.235. The highest BCUT2D eigenvalue weighted by Gasteiger charge is 2.05. The largest absolute Gasteiger partial charge is 0.493 e. The molecule has 4 nitrogen and oxygen atoms in total. The predicted octanol–water partition coefficient (Wildman–Crippen LogP) is 4.12. The normalized spacial score (nSPS) is 10.1. The Balaban J connectivity index is 1.76. The van der Waals surface area contributed by atoms with Crippen LogP contribution in [0.2, 0.25) is 0 Å². The Morgan fingerprint density at radius 2 is 1.73 bits per heavy atom. The summed E-state index contributed by atoms with van der Waals surface area (Å²) in [6.07, 6.45) is 1.52. The molecule has 0 bridgehead atoms. The highest BCUT2D eigenvalue weighted by Crippen LogP contribution is 2.27. The van der Waals surface area contributed by atoms with Crippen LogP contribution in [0.3, 0.4) is 0 Å². The summed E-state index contributed by atoms with van der Waals surface area (Å²) >= 11 is 3.38. The van der Waals surface area contributed by atoms with Gasteiger partial charge in [-0.2, -0.15) is 0 Å². The quantitative estimate of drug-likeness (QED) is 0.522.